The second kappa shape index (κ2) is 4.18. The molecule has 3 rings (SSSR count). The van der Waals surface area contributed by atoms with Crippen LogP contribution in [-0.4, -0.2) is 24.5 Å². The first kappa shape index (κ1) is 10.3. The standard InChI is InChI=1S/C12H10FNO3/c13-8-1-2-11(16-7-9-6-15-9)10(5-8)12-3-4-14-17-12/h1-5,9H,6-7H2/t9-/m0/s1. The highest BCUT2D eigenvalue weighted by Crippen LogP contribution is 2.31. The smallest absolute Gasteiger partial charge is 0.170 e. The van der Waals surface area contributed by atoms with Crippen molar-refractivity contribution in [2.45, 2.75) is 6.10 Å². The summed E-state index contributed by atoms with van der Waals surface area (Å²) in [5.74, 6) is 0.710. The number of nitrogens with zero attached hydrogens (tertiary/aromatic N) is 1. The van der Waals surface area contributed by atoms with Crippen LogP contribution in [0.1, 0.15) is 0 Å². The maximum atomic E-state index is 13.2. The third-order valence-electron chi connectivity index (χ3n) is 2.47. The van der Waals surface area contributed by atoms with Gasteiger partial charge in [0, 0.05) is 6.07 Å². The van der Waals surface area contributed by atoms with Crippen molar-refractivity contribution in [2.24, 2.45) is 0 Å². The van der Waals surface area contributed by atoms with Crippen LogP contribution in [0.5, 0.6) is 5.75 Å². The zero-order valence-corrected chi connectivity index (χ0v) is 8.93. The Kier molecular flexibility index (Phi) is 2.53. The lowest BCUT2D eigenvalue weighted by atomic mass is 10.1. The summed E-state index contributed by atoms with van der Waals surface area (Å²) in [7, 11) is 0. The van der Waals surface area contributed by atoms with Crippen molar-refractivity contribution in [2.75, 3.05) is 13.2 Å². The molecule has 0 unspecified atom stereocenters. The van der Waals surface area contributed by atoms with Gasteiger partial charge >= 0.3 is 0 Å². The van der Waals surface area contributed by atoms with E-state index in [-0.39, 0.29) is 11.9 Å². The van der Waals surface area contributed by atoms with E-state index < -0.39 is 0 Å². The molecule has 0 spiro atoms. The van der Waals surface area contributed by atoms with Crippen molar-refractivity contribution in [3.8, 4) is 17.1 Å². The van der Waals surface area contributed by atoms with Gasteiger partial charge in [0.2, 0.25) is 0 Å². The van der Waals surface area contributed by atoms with Gasteiger partial charge in [-0.25, -0.2) is 4.39 Å². The zero-order chi connectivity index (χ0) is 11.7. The van der Waals surface area contributed by atoms with Crippen molar-refractivity contribution in [3.05, 3.63) is 36.3 Å². The fourth-order valence-corrected chi connectivity index (χ4v) is 1.52. The fourth-order valence-electron chi connectivity index (χ4n) is 1.52. The van der Waals surface area contributed by atoms with E-state index in [0.29, 0.717) is 23.7 Å². The second-order valence-corrected chi connectivity index (χ2v) is 3.78. The lowest BCUT2D eigenvalue weighted by Crippen LogP contribution is -2.05. The molecule has 1 atom stereocenters. The lowest BCUT2D eigenvalue weighted by Gasteiger charge is -2.08. The van der Waals surface area contributed by atoms with Crippen LogP contribution in [0.25, 0.3) is 11.3 Å². The number of benzene rings is 1. The highest BCUT2D eigenvalue weighted by molar-refractivity contribution is 5.65. The number of epoxide rings is 1. The number of rotatable bonds is 4. The Bertz CT molecular complexity index is 508. The van der Waals surface area contributed by atoms with Crippen LogP contribution < -0.4 is 4.74 Å². The summed E-state index contributed by atoms with van der Waals surface area (Å²) in [5.41, 5.74) is 0.558. The van der Waals surface area contributed by atoms with Gasteiger partial charge in [-0.3, -0.25) is 0 Å². The first-order chi connectivity index (χ1) is 8.33. The average molecular weight is 235 g/mol. The third kappa shape index (κ3) is 2.29. The molecular formula is C12H10FNO3. The predicted molar refractivity (Wildman–Crippen MR) is 57.1 cm³/mol. The van der Waals surface area contributed by atoms with Gasteiger partial charge < -0.3 is 14.0 Å². The molecule has 1 saturated heterocycles. The van der Waals surface area contributed by atoms with Gasteiger partial charge in [-0.05, 0) is 18.2 Å². The summed E-state index contributed by atoms with van der Waals surface area (Å²) in [4.78, 5) is 0. The Hall–Kier alpha value is -1.88. The largest absolute Gasteiger partial charge is 0.490 e. The fraction of sp³-hybridized carbons (Fsp3) is 0.250. The van der Waals surface area contributed by atoms with Gasteiger partial charge in [-0.1, -0.05) is 5.16 Å². The summed E-state index contributed by atoms with van der Waals surface area (Å²) in [6, 6.07) is 5.96. The molecule has 0 aliphatic carbocycles. The summed E-state index contributed by atoms with van der Waals surface area (Å²) >= 11 is 0. The second-order valence-electron chi connectivity index (χ2n) is 3.78. The van der Waals surface area contributed by atoms with E-state index >= 15 is 0 Å². The Morgan fingerprint density at radius 3 is 3.00 bits per heavy atom. The first-order valence-corrected chi connectivity index (χ1v) is 5.28. The number of halogens is 1. The Morgan fingerprint density at radius 2 is 2.29 bits per heavy atom. The van der Waals surface area contributed by atoms with Crippen molar-refractivity contribution in [3.63, 3.8) is 0 Å². The summed E-state index contributed by atoms with van der Waals surface area (Å²) in [5, 5.41) is 3.60. The number of ether oxygens (including phenoxy) is 2. The van der Waals surface area contributed by atoms with Crippen LogP contribution >= 0.6 is 0 Å². The summed E-state index contributed by atoms with van der Waals surface area (Å²) in [6.45, 7) is 1.19. The Balaban J connectivity index is 1.89. The summed E-state index contributed by atoms with van der Waals surface area (Å²) < 4.78 is 28.8. The molecule has 88 valence electrons. The lowest BCUT2D eigenvalue weighted by molar-refractivity contribution is 0.263. The monoisotopic (exact) mass is 235 g/mol. The molecule has 0 bridgehead atoms. The van der Waals surface area contributed by atoms with E-state index in [1.807, 2.05) is 0 Å². The van der Waals surface area contributed by atoms with E-state index in [0.717, 1.165) is 6.61 Å². The van der Waals surface area contributed by atoms with Crippen LogP contribution in [-0.2, 0) is 4.74 Å². The van der Waals surface area contributed by atoms with Crippen LogP contribution in [0.4, 0.5) is 4.39 Å². The quantitative estimate of drug-likeness (QED) is 0.762. The SMILES string of the molecule is Fc1ccc(OC[C@@H]2CO2)c(-c2ccno2)c1. The molecule has 1 aromatic heterocycles. The maximum absolute atomic E-state index is 13.2. The predicted octanol–water partition coefficient (Wildman–Crippen LogP) is 2.26. The van der Waals surface area contributed by atoms with E-state index in [2.05, 4.69) is 5.16 Å². The minimum atomic E-state index is -0.341. The zero-order valence-electron chi connectivity index (χ0n) is 8.93. The topological polar surface area (TPSA) is 47.8 Å². The summed E-state index contributed by atoms with van der Waals surface area (Å²) in [6.07, 6.45) is 1.66. The molecule has 1 aliphatic heterocycles. The van der Waals surface area contributed by atoms with Crippen LogP contribution in [0.3, 0.4) is 0 Å². The molecule has 2 heterocycles. The van der Waals surface area contributed by atoms with Crippen LogP contribution in [0.2, 0.25) is 0 Å². The molecule has 2 aromatic rings. The van der Waals surface area contributed by atoms with E-state index in [4.69, 9.17) is 14.0 Å². The van der Waals surface area contributed by atoms with Crippen molar-refractivity contribution < 1.29 is 18.4 Å². The number of hydrogen-bond donors (Lipinski definition) is 0. The van der Waals surface area contributed by atoms with Crippen molar-refractivity contribution in [1.29, 1.82) is 0 Å². The Labute approximate surface area is 96.9 Å². The molecule has 0 N–H and O–H groups in total. The van der Waals surface area contributed by atoms with Crippen LogP contribution in [0, 0.1) is 5.82 Å². The molecule has 0 saturated carbocycles. The van der Waals surface area contributed by atoms with E-state index in [1.165, 1.54) is 18.3 Å². The highest BCUT2D eigenvalue weighted by atomic mass is 19.1. The molecule has 17 heavy (non-hydrogen) atoms. The van der Waals surface area contributed by atoms with Gasteiger partial charge in [0.15, 0.2) is 5.76 Å². The van der Waals surface area contributed by atoms with Gasteiger partial charge in [-0.15, -0.1) is 0 Å². The van der Waals surface area contributed by atoms with E-state index in [1.54, 1.807) is 12.1 Å². The average Bonchev–Trinajstić information content (AvgIpc) is 3.00. The minimum Gasteiger partial charge on any atom is -0.490 e. The molecule has 1 aliphatic rings. The molecular weight excluding hydrogens is 225 g/mol. The Morgan fingerprint density at radius 1 is 1.41 bits per heavy atom. The first-order valence-electron chi connectivity index (χ1n) is 5.28. The van der Waals surface area contributed by atoms with Gasteiger partial charge in [0.05, 0.1) is 18.4 Å². The van der Waals surface area contributed by atoms with Crippen molar-refractivity contribution >= 4 is 0 Å². The molecule has 5 heteroatoms. The molecule has 0 amide bonds. The minimum absolute atomic E-state index is 0.155. The van der Waals surface area contributed by atoms with Gasteiger partial charge in [-0.2, -0.15) is 0 Å². The highest BCUT2D eigenvalue weighted by Gasteiger charge is 2.24. The van der Waals surface area contributed by atoms with Crippen LogP contribution in [0.15, 0.2) is 35.0 Å². The van der Waals surface area contributed by atoms with Crippen molar-refractivity contribution in [1.82, 2.24) is 5.16 Å². The van der Waals surface area contributed by atoms with Gasteiger partial charge in [0.25, 0.3) is 0 Å². The molecule has 1 fully saturated rings. The molecule has 0 radical (unpaired) electrons. The number of hydrogen-bond acceptors (Lipinski definition) is 4. The number of aromatic nitrogens is 1. The maximum Gasteiger partial charge on any atom is 0.170 e. The van der Waals surface area contributed by atoms with E-state index in [9.17, 15) is 4.39 Å². The third-order valence-corrected chi connectivity index (χ3v) is 2.47. The molecule has 1 aromatic carbocycles. The molecule has 4 nitrogen and oxygen atoms in total. The normalized spacial score (nSPS) is 18.1. The van der Waals surface area contributed by atoms with Gasteiger partial charge in [0.1, 0.15) is 24.3 Å².